The number of nitrogens with one attached hydrogen (secondary N) is 1. The van der Waals surface area contributed by atoms with E-state index in [-0.39, 0.29) is 25.7 Å². The standard InChI is InChI=1S/C30H46N2O8/c1-4-6-7-8-9-11-25(35)32(13-10-15-39-5-2)23-18-22(30(37)31-12-14-33)26-21-16-20(19-34)17-24(38-3)28(21)40-29(26)27(23)36/h16-18,23,26-27,29,33-34,36H,4-15,19H2,1-3H3,(H,31,37). The number of hydrogen-bond acceptors (Lipinski definition) is 8. The fraction of sp³-hybridized carbons (Fsp3) is 0.667. The van der Waals surface area contributed by atoms with Gasteiger partial charge in [-0.3, -0.25) is 9.59 Å². The zero-order valence-electron chi connectivity index (χ0n) is 24.1. The number of amides is 2. The normalized spacial score (nSPS) is 21.2. The average molecular weight is 563 g/mol. The zero-order valence-corrected chi connectivity index (χ0v) is 24.1. The van der Waals surface area contributed by atoms with Gasteiger partial charge in [-0.25, -0.2) is 0 Å². The van der Waals surface area contributed by atoms with Crippen molar-refractivity contribution in [2.24, 2.45) is 0 Å². The second-order valence-corrected chi connectivity index (χ2v) is 10.3. The Morgan fingerprint density at radius 1 is 1.10 bits per heavy atom. The Hall–Kier alpha value is -2.66. The highest BCUT2D eigenvalue weighted by molar-refractivity contribution is 5.96. The van der Waals surface area contributed by atoms with Gasteiger partial charge >= 0.3 is 0 Å². The van der Waals surface area contributed by atoms with Gasteiger partial charge in [-0.15, -0.1) is 0 Å². The maximum atomic E-state index is 13.5. The number of aliphatic hydroxyl groups excluding tert-OH is 3. The summed E-state index contributed by atoms with van der Waals surface area (Å²) >= 11 is 0. The van der Waals surface area contributed by atoms with Crippen LogP contribution in [0.4, 0.5) is 0 Å². The number of unbranched alkanes of at least 4 members (excludes halogenated alkanes) is 4. The molecule has 1 aromatic rings. The third-order valence-corrected chi connectivity index (χ3v) is 7.56. The van der Waals surface area contributed by atoms with E-state index in [4.69, 9.17) is 14.2 Å². The van der Waals surface area contributed by atoms with Crippen molar-refractivity contribution in [3.8, 4) is 11.5 Å². The average Bonchev–Trinajstić information content (AvgIpc) is 3.36. The minimum atomic E-state index is -1.12. The number of nitrogens with zero attached hydrogens (tertiary/aromatic N) is 1. The van der Waals surface area contributed by atoms with Crippen molar-refractivity contribution in [2.45, 2.75) is 89.6 Å². The van der Waals surface area contributed by atoms with E-state index in [1.165, 1.54) is 7.11 Å². The number of carbonyl (C=O) groups excluding carboxylic acids is 2. The first-order chi connectivity index (χ1) is 19.4. The molecule has 4 atom stereocenters. The number of rotatable bonds is 17. The number of ether oxygens (including phenoxy) is 3. The summed E-state index contributed by atoms with van der Waals surface area (Å²) in [6.45, 7) is 5.06. The Morgan fingerprint density at radius 2 is 1.88 bits per heavy atom. The number of benzene rings is 1. The molecule has 0 spiro atoms. The van der Waals surface area contributed by atoms with Crippen LogP contribution in [0.3, 0.4) is 0 Å². The first kappa shape index (κ1) is 31.9. The number of methoxy groups -OCH3 is 1. The second kappa shape index (κ2) is 16.0. The van der Waals surface area contributed by atoms with Crippen molar-refractivity contribution < 1.29 is 39.1 Å². The van der Waals surface area contributed by atoms with Crippen molar-refractivity contribution in [1.82, 2.24) is 10.2 Å². The molecule has 40 heavy (non-hydrogen) atoms. The highest BCUT2D eigenvalue weighted by Gasteiger charge is 2.51. The Balaban J connectivity index is 1.98. The van der Waals surface area contributed by atoms with E-state index in [9.17, 15) is 24.9 Å². The van der Waals surface area contributed by atoms with Gasteiger partial charge in [-0.1, -0.05) is 32.6 Å². The number of hydrogen-bond donors (Lipinski definition) is 4. The molecular weight excluding hydrogens is 516 g/mol. The first-order valence-corrected chi connectivity index (χ1v) is 14.6. The summed E-state index contributed by atoms with van der Waals surface area (Å²) in [5.41, 5.74) is 1.55. The smallest absolute Gasteiger partial charge is 0.247 e. The lowest BCUT2D eigenvalue weighted by Crippen LogP contribution is -2.56. The summed E-state index contributed by atoms with van der Waals surface area (Å²) < 4.78 is 17.3. The molecule has 0 saturated carbocycles. The zero-order chi connectivity index (χ0) is 29.1. The maximum Gasteiger partial charge on any atom is 0.247 e. The molecule has 224 valence electrons. The van der Waals surface area contributed by atoms with Crippen molar-refractivity contribution in [1.29, 1.82) is 0 Å². The summed E-state index contributed by atoms with van der Waals surface area (Å²) in [7, 11) is 1.49. The van der Waals surface area contributed by atoms with Gasteiger partial charge in [-0.2, -0.15) is 0 Å². The van der Waals surface area contributed by atoms with Crippen LogP contribution in [0, 0.1) is 0 Å². The largest absolute Gasteiger partial charge is 0.493 e. The summed E-state index contributed by atoms with van der Waals surface area (Å²) in [5, 5.41) is 33.5. The maximum absolute atomic E-state index is 13.5. The highest BCUT2D eigenvalue weighted by Crippen LogP contribution is 2.51. The molecule has 1 aliphatic carbocycles. The van der Waals surface area contributed by atoms with Crippen molar-refractivity contribution >= 4 is 11.8 Å². The topological polar surface area (TPSA) is 138 Å². The Morgan fingerprint density at radius 3 is 2.55 bits per heavy atom. The van der Waals surface area contributed by atoms with E-state index in [0.29, 0.717) is 60.8 Å². The summed E-state index contributed by atoms with van der Waals surface area (Å²) in [5.74, 6) is -0.341. The monoisotopic (exact) mass is 562 g/mol. The van der Waals surface area contributed by atoms with Crippen LogP contribution in [0.25, 0.3) is 0 Å². The summed E-state index contributed by atoms with van der Waals surface area (Å²) in [6.07, 6.45) is 5.67. The molecule has 4 unspecified atom stereocenters. The Kier molecular flexibility index (Phi) is 12.7. The van der Waals surface area contributed by atoms with Crippen LogP contribution in [0.1, 0.15) is 75.8 Å². The van der Waals surface area contributed by atoms with Crippen molar-refractivity contribution in [3.05, 3.63) is 34.9 Å². The third kappa shape index (κ3) is 7.54. The SMILES string of the molecule is CCCCCCCC(=O)N(CCCOCC)C1C=C(C(=O)NCCO)C2c3cc(CO)cc(OC)c3OC2C1O. The van der Waals surface area contributed by atoms with Crippen LogP contribution in [0.2, 0.25) is 0 Å². The van der Waals surface area contributed by atoms with Gasteiger partial charge in [0.05, 0.1) is 32.3 Å². The van der Waals surface area contributed by atoms with E-state index >= 15 is 0 Å². The van der Waals surface area contributed by atoms with Gasteiger partial charge in [-0.05, 0) is 43.5 Å². The predicted molar refractivity (Wildman–Crippen MR) is 150 cm³/mol. The van der Waals surface area contributed by atoms with E-state index in [2.05, 4.69) is 12.2 Å². The number of aliphatic hydroxyl groups is 3. The summed E-state index contributed by atoms with van der Waals surface area (Å²) in [6, 6.07) is 2.63. The molecule has 1 aliphatic heterocycles. The van der Waals surface area contributed by atoms with Crippen molar-refractivity contribution in [3.63, 3.8) is 0 Å². The van der Waals surface area contributed by atoms with Crippen LogP contribution < -0.4 is 14.8 Å². The first-order valence-electron chi connectivity index (χ1n) is 14.6. The second-order valence-electron chi connectivity index (χ2n) is 10.3. The molecule has 0 fully saturated rings. The Labute approximate surface area is 237 Å². The van der Waals surface area contributed by atoms with Gasteiger partial charge in [0.2, 0.25) is 11.8 Å². The van der Waals surface area contributed by atoms with Crippen LogP contribution in [0.15, 0.2) is 23.8 Å². The molecule has 0 bridgehead atoms. The highest BCUT2D eigenvalue weighted by atomic mass is 16.5. The minimum absolute atomic E-state index is 0.0588. The third-order valence-electron chi connectivity index (χ3n) is 7.56. The molecule has 10 heteroatoms. The van der Waals surface area contributed by atoms with Crippen LogP contribution in [-0.2, 0) is 20.9 Å². The van der Waals surface area contributed by atoms with Gasteiger partial charge in [0, 0.05) is 43.9 Å². The van der Waals surface area contributed by atoms with Gasteiger partial charge < -0.3 is 39.7 Å². The van der Waals surface area contributed by atoms with E-state index < -0.39 is 30.1 Å². The quantitative estimate of drug-likeness (QED) is 0.213. The molecule has 0 radical (unpaired) electrons. The number of fused-ring (bicyclic) bond motifs is 3. The molecule has 3 rings (SSSR count). The van der Waals surface area contributed by atoms with Gasteiger partial charge in [0.1, 0.15) is 12.2 Å². The van der Waals surface area contributed by atoms with Crippen LogP contribution >= 0.6 is 0 Å². The van der Waals surface area contributed by atoms with E-state index in [1.807, 2.05) is 6.92 Å². The lowest BCUT2D eigenvalue weighted by Gasteiger charge is -2.41. The molecule has 2 aliphatic rings. The fourth-order valence-electron chi connectivity index (χ4n) is 5.56. The van der Waals surface area contributed by atoms with E-state index in [1.54, 1.807) is 23.1 Å². The molecular formula is C30H46N2O8. The lowest BCUT2D eigenvalue weighted by atomic mass is 9.77. The predicted octanol–water partition coefficient (Wildman–Crippen LogP) is 2.43. The van der Waals surface area contributed by atoms with Crippen molar-refractivity contribution in [2.75, 3.05) is 40.0 Å². The molecule has 1 heterocycles. The van der Waals surface area contributed by atoms with Gasteiger partial charge in [0.25, 0.3) is 0 Å². The summed E-state index contributed by atoms with van der Waals surface area (Å²) in [4.78, 5) is 28.6. The molecule has 0 saturated heterocycles. The Bertz CT molecular complexity index is 1010. The van der Waals surface area contributed by atoms with Crippen LogP contribution in [-0.4, -0.2) is 90.3 Å². The van der Waals surface area contributed by atoms with Crippen LogP contribution in [0.5, 0.6) is 11.5 Å². The minimum Gasteiger partial charge on any atom is -0.493 e. The molecule has 0 aromatic heterocycles. The lowest BCUT2D eigenvalue weighted by molar-refractivity contribution is -0.137. The number of carbonyl (C=O) groups is 2. The van der Waals surface area contributed by atoms with E-state index in [0.717, 1.165) is 32.1 Å². The molecule has 2 amide bonds. The molecule has 10 nitrogen and oxygen atoms in total. The molecule has 1 aromatic carbocycles. The fourth-order valence-corrected chi connectivity index (χ4v) is 5.56. The van der Waals surface area contributed by atoms with Gasteiger partial charge in [0.15, 0.2) is 11.5 Å². The molecule has 4 N–H and O–H groups in total.